The second-order valence-electron chi connectivity index (χ2n) is 31.2. The zero-order valence-corrected chi connectivity index (χ0v) is 65.5. The van der Waals surface area contributed by atoms with Crippen LogP contribution < -0.4 is 92.9 Å². The van der Waals surface area contributed by atoms with Crippen molar-refractivity contribution >= 4 is 71.1 Å². The molecule has 0 saturated carbocycles. The molecule has 103 heavy (non-hydrogen) atoms. The quantitative estimate of drug-likeness (QED) is 0.0389. The standard InChI is InChI=1S/C73H141N17O13/c1-42(2)33-50(80-66(95)55(34-43(3)4)84-63(92)51(78)25-17-21-29-74)41-103-73(102)90-61(40-49(15)16)72(101)83-54(28-20-24-32-77)65(94)86-59(38-47(11)12)70(99)89-60(39-48(13)14)71(100)88-57(36-45(7)8)68(97)82-53(27-19-23-31-76)64(93)85-58(37-46(9)10)69(98)87-56(35-44(5)6)67(96)81-52(62(79)91)26-18-22-30-75/h42-61H,17-41,74-78H2,1-16H3,(H2,79,91)(H,80,95)(H,81,96)(H,82,97)(H,83,101)(H,84,92)(H,85,93)(H,86,94)(H,87,98)(H,88,100)(H,89,99)(H,90,102)/t50-,51+,52+,53+,54+,55+,56+,57-,58-,59+,60+,61-/m1/s1. The van der Waals surface area contributed by atoms with Gasteiger partial charge in [-0.2, -0.15) is 0 Å². The van der Waals surface area contributed by atoms with Crippen molar-refractivity contribution in [2.45, 2.75) is 312 Å². The van der Waals surface area contributed by atoms with Crippen molar-refractivity contribution in [1.82, 2.24) is 58.5 Å². The molecule has 0 heterocycles. The molecular weight excluding hydrogens is 1320 g/mol. The summed E-state index contributed by atoms with van der Waals surface area (Å²) in [6.45, 7) is 31.1. The van der Waals surface area contributed by atoms with Crippen molar-refractivity contribution in [1.29, 1.82) is 0 Å². The van der Waals surface area contributed by atoms with E-state index in [1.165, 1.54) is 0 Å². The van der Waals surface area contributed by atoms with Crippen LogP contribution in [0.4, 0.5) is 4.79 Å². The lowest BCUT2D eigenvalue weighted by Gasteiger charge is -2.30. The Morgan fingerprint density at radius 2 is 0.476 bits per heavy atom. The summed E-state index contributed by atoms with van der Waals surface area (Å²) < 4.78 is 5.68. The number of rotatable bonds is 56. The molecule has 0 aliphatic heterocycles. The van der Waals surface area contributed by atoms with E-state index in [0.717, 1.165) is 0 Å². The zero-order chi connectivity index (χ0) is 78.6. The van der Waals surface area contributed by atoms with Gasteiger partial charge in [-0.3, -0.25) is 52.7 Å². The molecule has 0 radical (unpaired) electrons. The first kappa shape index (κ1) is 96.2. The Balaban J connectivity index is 6.94. The Kier molecular flexibility index (Phi) is 49.6. The van der Waals surface area contributed by atoms with Crippen LogP contribution in [0.15, 0.2) is 0 Å². The Hall–Kier alpha value is -6.76. The molecular formula is C73H141N17O13. The lowest BCUT2D eigenvalue weighted by atomic mass is 9.98. The van der Waals surface area contributed by atoms with Crippen LogP contribution in [0, 0.1) is 47.3 Å². The number of nitrogens with one attached hydrogen (secondary N) is 11. The van der Waals surface area contributed by atoms with E-state index in [9.17, 15) is 57.5 Å². The summed E-state index contributed by atoms with van der Waals surface area (Å²) >= 11 is 0. The molecule has 0 bridgehead atoms. The summed E-state index contributed by atoms with van der Waals surface area (Å²) in [5.41, 5.74) is 34.8. The highest BCUT2D eigenvalue weighted by Gasteiger charge is 2.37. The molecule has 12 amide bonds. The second kappa shape index (κ2) is 53.1. The van der Waals surface area contributed by atoms with Gasteiger partial charge in [0.05, 0.1) is 12.1 Å². The molecule has 0 aromatic rings. The summed E-state index contributed by atoms with van der Waals surface area (Å²) in [4.78, 5) is 168. The maximum absolute atomic E-state index is 14.7. The van der Waals surface area contributed by atoms with Crippen LogP contribution in [-0.2, 0) is 57.5 Å². The predicted molar refractivity (Wildman–Crippen MR) is 402 cm³/mol. The molecule has 30 nitrogen and oxygen atoms in total. The number of ether oxygens (including phenoxy) is 1. The van der Waals surface area contributed by atoms with Gasteiger partial charge in [-0.05, 0) is 196 Å². The molecule has 0 unspecified atom stereocenters. The Morgan fingerprint density at radius 3 is 0.738 bits per heavy atom. The predicted octanol–water partition coefficient (Wildman–Crippen LogP) is 2.63. The van der Waals surface area contributed by atoms with Gasteiger partial charge in [0.2, 0.25) is 65.0 Å². The topological polar surface area (TPSA) is 503 Å². The van der Waals surface area contributed by atoms with Crippen LogP contribution in [0.3, 0.4) is 0 Å². The number of amides is 12. The minimum atomic E-state index is -1.24. The number of carbonyl (C=O) groups excluding carboxylic acids is 12. The van der Waals surface area contributed by atoms with Gasteiger partial charge in [0, 0.05) is 0 Å². The first-order chi connectivity index (χ1) is 48.3. The van der Waals surface area contributed by atoms with E-state index in [2.05, 4.69) is 58.5 Å². The van der Waals surface area contributed by atoms with E-state index in [0.29, 0.717) is 83.7 Å². The van der Waals surface area contributed by atoms with Crippen LogP contribution in [0.1, 0.15) is 239 Å². The molecule has 30 heteroatoms. The highest BCUT2D eigenvalue weighted by molar-refractivity contribution is 5.98. The van der Waals surface area contributed by atoms with Crippen molar-refractivity contribution in [2.24, 2.45) is 81.7 Å². The third-order valence-corrected chi connectivity index (χ3v) is 16.9. The van der Waals surface area contributed by atoms with Crippen molar-refractivity contribution in [3.05, 3.63) is 0 Å². The van der Waals surface area contributed by atoms with E-state index >= 15 is 0 Å². The van der Waals surface area contributed by atoms with Crippen molar-refractivity contribution in [3.63, 3.8) is 0 Å². The monoisotopic (exact) mass is 1460 g/mol. The molecule has 0 spiro atoms. The van der Waals surface area contributed by atoms with Crippen LogP contribution >= 0.6 is 0 Å². The first-order valence-corrected chi connectivity index (χ1v) is 38.1. The van der Waals surface area contributed by atoms with Crippen LogP contribution in [0.25, 0.3) is 0 Å². The summed E-state index contributed by atoms with van der Waals surface area (Å²) in [7, 11) is 0. The molecule has 0 saturated heterocycles. The number of alkyl carbamates (subject to hydrolysis) is 1. The summed E-state index contributed by atoms with van der Waals surface area (Å²) in [6.07, 6.45) is 5.62. The molecule has 0 fully saturated rings. The summed E-state index contributed by atoms with van der Waals surface area (Å²) in [6, 6.07) is -13.1. The van der Waals surface area contributed by atoms with E-state index in [1.54, 1.807) is 0 Å². The van der Waals surface area contributed by atoms with E-state index in [4.69, 9.17) is 39.1 Å². The Morgan fingerprint density at radius 1 is 0.262 bits per heavy atom. The Bertz CT molecular complexity index is 2560. The molecule has 0 rings (SSSR count). The Labute approximate surface area is 615 Å². The van der Waals surface area contributed by atoms with Crippen LogP contribution in [0.5, 0.6) is 0 Å². The van der Waals surface area contributed by atoms with Crippen LogP contribution in [0.2, 0.25) is 0 Å². The van der Waals surface area contributed by atoms with Gasteiger partial charge >= 0.3 is 6.09 Å². The van der Waals surface area contributed by atoms with Crippen molar-refractivity contribution in [3.8, 4) is 0 Å². The summed E-state index contributed by atoms with van der Waals surface area (Å²) in [5, 5.41) is 30.9. The van der Waals surface area contributed by atoms with Crippen LogP contribution in [-0.4, -0.2) is 176 Å². The van der Waals surface area contributed by atoms with Gasteiger partial charge in [-0.1, -0.05) is 117 Å². The van der Waals surface area contributed by atoms with Gasteiger partial charge in [0.15, 0.2) is 0 Å². The van der Waals surface area contributed by atoms with Gasteiger partial charge in [-0.15, -0.1) is 0 Å². The smallest absolute Gasteiger partial charge is 0.407 e. The second-order valence-corrected chi connectivity index (χ2v) is 31.2. The summed E-state index contributed by atoms with van der Waals surface area (Å²) in [5.74, 6) is -8.07. The average Bonchev–Trinajstić information content (AvgIpc) is 0.863. The van der Waals surface area contributed by atoms with E-state index < -0.39 is 144 Å². The number of hydrogen-bond acceptors (Lipinski definition) is 18. The largest absolute Gasteiger partial charge is 0.447 e. The number of primary amides is 1. The number of carbonyl (C=O) groups is 12. The minimum absolute atomic E-state index is 0.0230. The van der Waals surface area contributed by atoms with Gasteiger partial charge < -0.3 is 97.6 Å². The fourth-order valence-electron chi connectivity index (χ4n) is 11.7. The molecule has 0 aromatic carbocycles. The SMILES string of the molecule is CC(C)C[C@H](COC(=O)N[C@H](CC(C)C)C(=O)N[C@@H](CCCCN)C(=O)N[C@@H](CC(C)C)C(=O)N[C@@H](CC(C)C)C(=O)N[C@H](CC(C)C)C(=O)N[C@@H](CCCCN)C(=O)N[C@H](CC(C)C)C(=O)N[C@@H](CC(C)C)C(=O)N[C@@H](CCCCN)C(N)=O)NC(=O)[C@H](CC(C)C)NC(=O)[C@@H](N)CCCCN. The van der Waals surface area contributed by atoms with Crippen molar-refractivity contribution in [2.75, 3.05) is 32.8 Å². The average molecular weight is 1470 g/mol. The minimum Gasteiger partial charge on any atom is -0.447 e. The molecule has 23 N–H and O–H groups in total. The normalized spacial score (nSPS) is 15.2. The number of nitrogens with two attached hydrogens (primary N) is 6. The van der Waals surface area contributed by atoms with Gasteiger partial charge in [0.1, 0.15) is 67.0 Å². The number of unbranched alkanes of at least 4 members (excludes halogenated alkanes) is 4. The fraction of sp³-hybridized carbons (Fsp3) is 0.836. The van der Waals surface area contributed by atoms with Gasteiger partial charge in [-0.25, -0.2) is 4.79 Å². The third-order valence-electron chi connectivity index (χ3n) is 16.9. The molecule has 12 atom stereocenters. The molecule has 596 valence electrons. The van der Waals surface area contributed by atoms with Gasteiger partial charge in [0.25, 0.3) is 0 Å². The first-order valence-electron chi connectivity index (χ1n) is 38.1. The maximum Gasteiger partial charge on any atom is 0.407 e. The lowest BCUT2D eigenvalue weighted by Crippen LogP contribution is -2.61. The number of hydrogen-bond donors (Lipinski definition) is 17. The highest BCUT2D eigenvalue weighted by Crippen LogP contribution is 2.18. The van der Waals surface area contributed by atoms with E-state index in [-0.39, 0.29) is 125 Å². The third kappa shape index (κ3) is 43.3. The van der Waals surface area contributed by atoms with Crippen molar-refractivity contribution < 1.29 is 62.3 Å². The maximum atomic E-state index is 14.7. The fourth-order valence-corrected chi connectivity index (χ4v) is 11.7. The molecule has 0 aliphatic carbocycles. The molecule has 0 aliphatic rings. The zero-order valence-electron chi connectivity index (χ0n) is 65.5. The highest BCUT2D eigenvalue weighted by atomic mass is 16.5. The molecule has 0 aromatic heterocycles. The van der Waals surface area contributed by atoms with E-state index in [1.807, 2.05) is 111 Å². The lowest BCUT2D eigenvalue weighted by molar-refractivity contribution is -0.136.